The summed E-state index contributed by atoms with van der Waals surface area (Å²) in [7, 11) is -3.72. The molecule has 1 spiro atoms. The lowest BCUT2D eigenvalue weighted by Gasteiger charge is -2.34. The number of unbranched alkanes of at least 4 members (excludes halogenated alkanes) is 1. The van der Waals surface area contributed by atoms with Crippen LogP contribution in [0, 0.1) is 25.7 Å². The number of aliphatic hydroxyl groups excluding tert-OH is 1. The zero-order valence-electron chi connectivity index (χ0n) is 29.6. The van der Waals surface area contributed by atoms with Gasteiger partial charge in [-0.25, -0.2) is 8.42 Å². The van der Waals surface area contributed by atoms with E-state index in [2.05, 4.69) is 12.2 Å². The van der Waals surface area contributed by atoms with Gasteiger partial charge in [-0.2, -0.15) is 4.31 Å². The summed E-state index contributed by atoms with van der Waals surface area (Å²) < 4.78 is 39.4. The minimum absolute atomic E-state index is 0.00586. The number of piperidine rings is 2. The van der Waals surface area contributed by atoms with Crippen molar-refractivity contribution >= 4 is 33.7 Å². The number of carbonyl (C=O) groups excluding carboxylic acids is 2. The number of likely N-dealkylation sites (tertiary alicyclic amines) is 1. The normalized spacial score (nSPS) is 23.7. The largest absolute Gasteiger partial charge is 0.394 e. The summed E-state index contributed by atoms with van der Waals surface area (Å²) in [5.41, 5.74) is 2.16. The zero-order chi connectivity index (χ0) is 35.0. The van der Waals surface area contributed by atoms with Crippen molar-refractivity contribution in [1.29, 1.82) is 0 Å². The van der Waals surface area contributed by atoms with Crippen LogP contribution >= 0.6 is 0 Å². The second-order valence-corrected chi connectivity index (χ2v) is 16.1. The van der Waals surface area contributed by atoms with Crippen molar-refractivity contribution in [3.63, 3.8) is 0 Å². The molecule has 0 bridgehead atoms. The fourth-order valence-electron chi connectivity index (χ4n) is 7.85. The summed E-state index contributed by atoms with van der Waals surface area (Å²) in [5.74, 6) is 1.77. The Morgan fingerprint density at radius 2 is 1.69 bits per heavy atom. The van der Waals surface area contributed by atoms with Crippen molar-refractivity contribution in [3.8, 4) is 0 Å². The Bertz CT molecular complexity index is 1450. The van der Waals surface area contributed by atoms with Gasteiger partial charge in [0.15, 0.2) is 0 Å². The molecule has 49 heavy (non-hydrogen) atoms. The number of hydrogen-bond donors (Lipinski definition) is 2. The van der Waals surface area contributed by atoms with Gasteiger partial charge in [0, 0.05) is 43.1 Å². The Hall–Kier alpha value is -2.64. The molecule has 0 atom stereocenters. The molecule has 1 saturated carbocycles. The van der Waals surface area contributed by atoms with Gasteiger partial charge in [-0.1, -0.05) is 26.2 Å². The molecule has 5 rings (SSSR count). The first kappa shape index (κ1) is 37.6. The molecule has 2 saturated heterocycles. The molecule has 0 radical (unpaired) electrons. The molecule has 272 valence electrons. The third-order valence-corrected chi connectivity index (χ3v) is 12.5. The summed E-state index contributed by atoms with van der Waals surface area (Å²) >= 11 is 0. The minimum Gasteiger partial charge on any atom is -0.394 e. The van der Waals surface area contributed by atoms with Crippen molar-refractivity contribution in [3.05, 3.63) is 39.8 Å². The zero-order valence-corrected chi connectivity index (χ0v) is 30.4. The maximum atomic E-state index is 13.4. The lowest BCUT2D eigenvalue weighted by molar-refractivity contribution is -0.125. The summed E-state index contributed by atoms with van der Waals surface area (Å²) in [6, 6.07) is 3.67. The van der Waals surface area contributed by atoms with E-state index in [-0.39, 0.29) is 37.6 Å². The molecule has 4 aliphatic rings. The monoisotopic (exact) mass is 700 g/mol. The maximum absolute atomic E-state index is 13.4. The van der Waals surface area contributed by atoms with Crippen LogP contribution in [0.1, 0.15) is 105 Å². The number of aliphatic imine (C=N–C) groups is 1. The second kappa shape index (κ2) is 17.0. The van der Waals surface area contributed by atoms with Crippen molar-refractivity contribution in [2.24, 2.45) is 16.8 Å². The molecule has 11 nitrogen and oxygen atoms in total. The van der Waals surface area contributed by atoms with E-state index >= 15 is 0 Å². The van der Waals surface area contributed by atoms with Crippen LogP contribution in [0.4, 0.5) is 0 Å². The molecule has 1 aromatic carbocycles. The van der Waals surface area contributed by atoms with Crippen molar-refractivity contribution in [2.75, 3.05) is 52.6 Å². The van der Waals surface area contributed by atoms with Gasteiger partial charge in [0.05, 0.1) is 32.5 Å². The number of amidine groups is 1. The minimum atomic E-state index is -3.72. The number of carbonyl (C=O) groups is 2. The molecule has 1 aromatic rings. The Balaban J connectivity index is 1.13. The van der Waals surface area contributed by atoms with Crippen molar-refractivity contribution < 1.29 is 32.6 Å². The highest BCUT2D eigenvalue weighted by atomic mass is 32.2. The number of nitrogens with one attached hydrogen (secondary N) is 1. The highest BCUT2D eigenvalue weighted by Gasteiger charge is 2.48. The van der Waals surface area contributed by atoms with Gasteiger partial charge in [0.2, 0.25) is 10.0 Å². The average Bonchev–Trinajstić information content (AvgIpc) is 3.41. The Morgan fingerprint density at radius 3 is 2.33 bits per heavy atom. The fourth-order valence-corrected chi connectivity index (χ4v) is 9.02. The van der Waals surface area contributed by atoms with Crippen LogP contribution in [-0.2, 0) is 24.3 Å². The second-order valence-electron chi connectivity index (χ2n) is 14.3. The van der Waals surface area contributed by atoms with Gasteiger partial charge >= 0.3 is 0 Å². The number of aryl methyl sites for hydroxylation is 2. The first-order chi connectivity index (χ1) is 23.5. The molecule has 1 aliphatic carbocycles. The van der Waals surface area contributed by atoms with Crippen LogP contribution in [0.2, 0.25) is 0 Å². The Labute approximate surface area is 292 Å². The van der Waals surface area contributed by atoms with E-state index in [9.17, 15) is 18.0 Å². The number of rotatable bonds is 14. The van der Waals surface area contributed by atoms with Crippen LogP contribution in [0.25, 0.3) is 6.08 Å². The molecule has 3 fully saturated rings. The van der Waals surface area contributed by atoms with Crippen molar-refractivity contribution in [2.45, 2.75) is 103 Å². The summed E-state index contributed by atoms with van der Waals surface area (Å²) in [6.45, 7) is 8.91. The Kier molecular flexibility index (Phi) is 13.1. The molecular weight excluding hydrogens is 644 g/mol. The number of amides is 2. The number of sulfonamides is 1. The standard InChI is InChI=1S/C37H56N4O7S/c1-4-5-6-29-7-9-30(10-8-29)34-38-36(44)37(39-34)14-18-41(19-15-37)49(45,46)24-13-33-27(2)25-31(26-28(33)3)35(43)40-16-11-32(12-17-40)48-23-22-47-21-20-42/h13,24-26,29-30,32,42H,4-12,14-23H2,1-3H3,(H,38,39,44)/b24-13+. The molecule has 0 unspecified atom stereocenters. The first-order valence-electron chi connectivity index (χ1n) is 18.4. The van der Waals surface area contributed by atoms with Gasteiger partial charge < -0.3 is 24.8 Å². The van der Waals surface area contributed by atoms with Gasteiger partial charge in [0.1, 0.15) is 11.4 Å². The lowest BCUT2D eigenvalue weighted by Crippen LogP contribution is -2.50. The molecule has 2 amide bonds. The van der Waals surface area contributed by atoms with Crippen LogP contribution in [0.15, 0.2) is 22.5 Å². The third kappa shape index (κ3) is 9.38. The summed E-state index contributed by atoms with van der Waals surface area (Å²) in [4.78, 5) is 33.3. The highest BCUT2D eigenvalue weighted by Crippen LogP contribution is 2.37. The SMILES string of the molecule is CCCCC1CCC(C2=NC3(CCN(S(=O)(=O)/C=C/c4c(C)cc(C(=O)N5CCC(OCCOCCO)CC5)cc4C)CC3)C(=O)N2)CC1. The molecular formula is C37H56N4O7S. The van der Waals surface area contributed by atoms with Gasteiger partial charge in [-0.3, -0.25) is 14.6 Å². The van der Waals surface area contributed by atoms with E-state index in [0.717, 1.165) is 54.1 Å². The van der Waals surface area contributed by atoms with E-state index in [1.807, 2.05) is 30.9 Å². The number of nitrogens with zero attached hydrogens (tertiary/aromatic N) is 3. The first-order valence-corrected chi connectivity index (χ1v) is 19.9. The maximum Gasteiger partial charge on any atom is 0.253 e. The molecule has 3 heterocycles. The number of benzene rings is 1. The fraction of sp³-hybridized carbons (Fsp3) is 0.703. The molecule has 3 aliphatic heterocycles. The predicted octanol–water partition coefficient (Wildman–Crippen LogP) is 4.59. The van der Waals surface area contributed by atoms with E-state index in [1.165, 1.54) is 41.8 Å². The average molecular weight is 701 g/mol. The van der Waals surface area contributed by atoms with E-state index in [4.69, 9.17) is 19.6 Å². The summed E-state index contributed by atoms with van der Waals surface area (Å²) in [6.07, 6.45) is 12.2. The van der Waals surface area contributed by atoms with E-state index in [1.54, 1.807) is 6.08 Å². The predicted molar refractivity (Wildman–Crippen MR) is 191 cm³/mol. The van der Waals surface area contributed by atoms with Crippen LogP contribution in [-0.4, -0.2) is 105 Å². The number of aliphatic hydroxyl groups is 1. The highest BCUT2D eigenvalue weighted by molar-refractivity contribution is 7.92. The lowest BCUT2D eigenvalue weighted by atomic mass is 9.79. The molecule has 2 N–H and O–H groups in total. The Morgan fingerprint density at radius 1 is 1.02 bits per heavy atom. The number of hydrogen-bond acceptors (Lipinski definition) is 8. The van der Waals surface area contributed by atoms with Gasteiger partial charge in [-0.15, -0.1) is 0 Å². The smallest absolute Gasteiger partial charge is 0.253 e. The third-order valence-electron chi connectivity index (χ3n) is 10.9. The quantitative estimate of drug-likeness (QED) is 0.271. The van der Waals surface area contributed by atoms with Gasteiger partial charge in [0.25, 0.3) is 11.8 Å². The van der Waals surface area contributed by atoms with Gasteiger partial charge in [-0.05, 0) is 106 Å². The van der Waals surface area contributed by atoms with E-state index in [0.29, 0.717) is 57.2 Å². The molecule has 12 heteroatoms. The van der Waals surface area contributed by atoms with Crippen LogP contribution in [0.3, 0.4) is 0 Å². The number of ether oxygens (including phenoxy) is 2. The molecule has 0 aromatic heterocycles. The summed E-state index contributed by atoms with van der Waals surface area (Å²) in [5, 5.41) is 13.1. The van der Waals surface area contributed by atoms with E-state index < -0.39 is 15.6 Å². The van der Waals surface area contributed by atoms with Crippen molar-refractivity contribution in [1.82, 2.24) is 14.5 Å². The topological polar surface area (TPSA) is 138 Å². The van der Waals surface area contributed by atoms with Crippen LogP contribution in [0.5, 0.6) is 0 Å². The van der Waals surface area contributed by atoms with Crippen LogP contribution < -0.4 is 5.32 Å².